The number of nitrogens with two attached hydrogens (primary N) is 1. The van der Waals surface area contributed by atoms with Crippen molar-refractivity contribution in [1.82, 2.24) is 4.31 Å². The molecule has 1 rings (SSSR count). The van der Waals surface area contributed by atoms with Crippen molar-refractivity contribution in [3.05, 3.63) is 29.3 Å². The number of hydrogen-bond donors (Lipinski definition) is 1. The Labute approximate surface area is 110 Å². The first-order chi connectivity index (χ1) is 8.13. The molecule has 0 saturated carbocycles. The molecule has 18 heavy (non-hydrogen) atoms. The molecule has 0 saturated heterocycles. The molecule has 0 fully saturated rings. The summed E-state index contributed by atoms with van der Waals surface area (Å²) >= 11 is 0. The maximum atomic E-state index is 12.5. The van der Waals surface area contributed by atoms with Gasteiger partial charge in [-0.05, 0) is 51.0 Å². The molecule has 0 aliphatic carbocycles. The number of nitrogens with zero attached hydrogens (tertiary/aromatic N) is 1. The molecule has 4 nitrogen and oxygen atoms in total. The van der Waals surface area contributed by atoms with Gasteiger partial charge in [0.15, 0.2) is 0 Å². The molecule has 2 N–H and O–H groups in total. The normalized spacial score (nSPS) is 13.1. The van der Waals surface area contributed by atoms with Gasteiger partial charge in [-0.25, -0.2) is 8.42 Å². The van der Waals surface area contributed by atoms with Crippen LogP contribution in [-0.2, 0) is 10.0 Å². The van der Waals surface area contributed by atoms with E-state index in [4.69, 9.17) is 5.73 Å². The maximum Gasteiger partial charge on any atom is 0.243 e. The summed E-state index contributed by atoms with van der Waals surface area (Å²) < 4.78 is 26.3. The van der Waals surface area contributed by atoms with Gasteiger partial charge in [0.1, 0.15) is 0 Å². The van der Waals surface area contributed by atoms with E-state index >= 15 is 0 Å². The largest absolute Gasteiger partial charge is 0.329 e. The van der Waals surface area contributed by atoms with Crippen LogP contribution in [0.25, 0.3) is 0 Å². The predicted molar refractivity (Wildman–Crippen MR) is 74.0 cm³/mol. The molecule has 1 aromatic carbocycles. The van der Waals surface area contributed by atoms with E-state index in [0.29, 0.717) is 4.90 Å². The van der Waals surface area contributed by atoms with Gasteiger partial charge in [0.2, 0.25) is 10.0 Å². The fourth-order valence-corrected chi connectivity index (χ4v) is 3.09. The van der Waals surface area contributed by atoms with Gasteiger partial charge < -0.3 is 5.73 Å². The summed E-state index contributed by atoms with van der Waals surface area (Å²) in [5.74, 6) is 0. The minimum Gasteiger partial charge on any atom is -0.329 e. The van der Waals surface area contributed by atoms with Crippen LogP contribution in [0.3, 0.4) is 0 Å². The molecular weight excluding hydrogens is 248 g/mol. The highest BCUT2D eigenvalue weighted by Gasteiger charge is 2.32. The second kappa shape index (κ2) is 4.99. The van der Waals surface area contributed by atoms with Crippen molar-refractivity contribution in [3.8, 4) is 0 Å². The summed E-state index contributed by atoms with van der Waals surface area (Å²) in [5.41, 5.74) is 7.08. The van der Waals surface area contributed by atoms with Crippen molar-refractivity contribution >= 4 is 10.0 Å². The molecule has 0 aliphatic heterocycles. The summed E-state index contributed by atoms with van der Waals surface area (Å²) in [4.78, 5) is 0.314. The van der Waals surface area contributed by atoms with Crippen molar-refractivity contribution in [1.29, 1.82) is 0 Å². The minimum absolute atomic E-state index is 0.271. The summed E-state index contributed by atoms with van der Waals surface area (Å²) in [6, 6.07) is 5.17. The van der Waals surface area contributed by atoms with Crippen LogP contribution in [0.15, 0.2) is 23.1 Å². The molecule has 0 aliphatic rings. The zero-order valence-corrected chi connectivity index (χ0v) is 12.5. The van der Waals surface area contributed by atoms with Gasteiger partial charge >= 0.3 is 0 Å². The van der Waals surface area contributed by atoms with E-state index in [1.54, 1.807) is 19.2 Å². The molecule has 0 unspecified atom stereocenters. The lowest BCUT2D eigenvalue weighted by molar-refractivity contribution is 0.274. The molecule has 1 aromatic rings. The molecule has 0 amide bonds. The van der Waals surface area contributed by atoms with Gasteiger partial charge in [0.25, 0.3) is 0 Å². The third-order valence-corrected chi connectivity index (χ3v) is 5.55. The first-order valence-electron chi connectivity index (χ1n) is 5.89. The van der Waals surface area contributed by atoms with Crippen LogP contribution in [0, 0.1) is 13.8 Å². The standard InChI is InChI=1S/C13H22N2O2S/c1-10-6-7-12(8-11(10)2)18(16,17)15(5)13(3,4)9-14/h6-8H,9,14H2,1-5H3. The molecule has 0 radical (unpaired) electrons. The summed E-state index contributed by atoms with van der Waals surface area (Å²) in [6.07, 6.45) is 0. The van der Waals surface area contributed by atoms with E-state index in [1.807, 2.05) is 33.8 Å². The lowest BCUT2D eigenvalue weighted by Crippen LogP contribution is -2.49. The second-order valence-electron chi connectivity index (χ2n) is 5.24. The number of rotatable bonds is 4. The molecule has 0 bridgehead atoms. The lowest BCUT2D eigenvalue weighted by atomic mass is 10.1. The van der Waals surface area contributed by atoms with Crippen LogP contribution >= 0.6 is 0 Å². The molecule has 0 aromatic heterocycles. The van der Waals surface area contributed by atoms with Crippen LogP contribution in [0.4, 0.5) is 0 Å². The Morgan fingerprint density at radius 1 is 1.22 bits per heavy atom. The lowest BCUT2D eigenvalue weighted by Gasteiger charge is -2.33. The van der Waals surface area contributed by atoms with Gasteiger partial charge in [-0.2, -0.15) is 4.31 Å². The first kappa shape index (κ1) is 15.1. The van der Waals surface area contributed by atoms with Crippen LogP contribution in [0.2, 0.25) is 0 Å². The number of likely N-dealkylation sites (N-methyl/N-ethyl adjacent to an activating group) is 1. The van der Waals surface area contributed by atoms with Crippen molar-refractivity contribution in [2.75, 3.05) is 13.6 Å². The Morgan fingerprint density at radius 2 is 1.78 bits per heavy atom. The topological polar surface area (TPSA) is 63.4 Å². The molecule has 0 spiro atoms. The van der Waals surface area contributed by atoms with E-state index in [-0.39, 0.29) is 6.54 Å². The zero-order valence-electron chi connectivity index (χ0n) is 11.7. The van der Waals surface area contributed by atoms with E-state index in [0.717, 1.165) is 11.1 Å². The van der Waals surface area contributed by atoms with Gasteiger partial charge in [0.05, 0.1) is 4.90 Å². The summed E-state index contributed by atoms with van der Waals surface area (Å²) in [5, 5.41) is 0. The van der Waals surface area contributed by atoms with Crippen LogP contribution in [0.1, 0.15) is 25.0 Å². The molecule has 102 valence electrons. The Bertz CT molecular complexity index is 536. The Balaban J connectivity index is 3.26. The fraction of sp³-hybridized carbons (Fsp3) is 0.538. The summed E-state index contributed by atoms with van der Waals surface area (Å²) in [7, 11) is -1.93. The highest BCUT2D eigenvalue weighted by atomic mass is 32.2. The van der Waals surface area contributed by atoms with Crippen LogP contribution in [-0.4, -0.2) is 31.9 Å². The quantitative estimate of drug-likeness (QED) is 0.905. The molecule has 0 heterocycles. The predicted octanol–water partition coefficient (Wildman–Crippen LogP) is 1.66. The molecule has 0 atom stereocenters. The molecule has 5 heteroatoms. The van der Waals surface area contributed by atoms with E-state index in [9.17, 15) is 8.42 Å². The van der Waals surface area contributed by atoms with E-state index in [2.05, 4.69) is 0 Å². The Kier molecular flexibility index (Phi) is 4.20. The smallest absolute Gasteiger partial charge is 0.243 e. The Morgan fingerprint density at radius 3 is 2.22 bits per heavy atom. The average Bonchev–Trinajstić information content (AvgIpc) is 2.31. The fourth-order valence-electron chi connectivity index (χ4n) is 1.49. The van der Waals surface area contributed by atoms with Gasteiger partial charge in [-0.3, -0.25) is 0 Å². The van der Waals surface area contributed by atoms with Crippen LogP contribution in [0.5, 0.6) is 0 Å². The van der Waals surface area contributed by atoms with E-state index in [1.165, 1.54) is 4.31 Å². The zero-order chi connectivity index (χ0) is 14.1. The number of sulfonamides is 1. The van der Waals surface area contributed by atoms with Gasteiger partial charge in [-0.15, -0.1) is 0 Å². The highest BCUT2D eigenvalue weighted by Crippen LogP contribution is 2.23. The first-order valence-corrected chi connectivity index (χ1v) is 7.33. The minimum atomic E-state index is -3.49. The monoisotopic (exact) mass is 270 g/mol. The third kappa shape index (κ3) is 2.74. The average molecular weight is 270 g/mol. The highest BCUT2D eigenvalue weighted by molar-refractivity contribution is 7.89. The second-order valence-corrected chi connectivity index (χ2v) is 7.20. The number of hydrogen-bond acceptors (Lipinski definition) is 3. The van der Waals surface area contributed by atoms with Crippen molar-refractivity contribution < 1.29 is 8.42 Å². The summed E-state index contributed by atoms with van der Waals surface area (Å²) in [6.45, 7) is 7.76. The SMILES string of the molecule is Cc1ccc(S(=O)(=O)N(C)C(C)(C)CN)cc1C. The maximum absolute atomic E-state index is 12.5. The molecular formula is C13H22N2O2S. The van der Waals surface area contributed by atoms with Crippen molar-refractivity contribution in [2.45, 2.75) is 38.1 Å². The third-order valence-electron chi connectivity index (χ3n) is 3.49. The number of benzene rings is 1. The Hall–Kier alpha value is -0.910. The van der Waals surface area contributed by atoms with E-state index < -0.39 is 15.6 Å². The number of aryl methyl sites for hydroxylation is 2. The van der Waals surface area contributed by atoms with Crippen molar-refractivity contribution in [3.63, 3.8) is 0 Å². The van der Waals surface area contributed by atoms with Crippen molar-refractivity contribution in [2.24, 2.45) is 5.73 Å². The van der Waals surface area contributed by atoms with Gasteiger partial charge in [-0.1, -0.05) is 6.07 Å². The van der Waals surface area contributed by atoms with Crippen LogP contribution < -0.4 is 5.73 Å². The van der Waals surface area contributed by atoms with Gasteiger partial charge in [0, 0.05) is 19.1 Å².